The number of carbonyl (C=O) groups is 4. The summed E-state index contributed by atoms with van der Waals surface area (Å²) in [6, 6.07) is 19.4. The van der Waals surface area contributed by atoms with Gasteiger partial charge in [-0.25, -0.2) is 14.6 Å². The molecule has 4 saturated heterocycles. The molecule has 0 unspecified atom stereocenters. The van der Waals surface area contributed by atoms with Crippen molar-refractivity contribution in [3.8, 4) is 18.2 Å². The number of benzene rings is 2. The van der Waals surface area contributed by atoms with Crippen LogP contribution in [0.2, 0.25) is 10.0 Å². The zero-order valence-corrected chi connectivity index (χ0v) is 45.0. The molecular weight excluding hydrogens is 1060 g/mol. The Bertz CT molecular complexity index is 3130. The van der Waals surface area contributed by atoms with Gasteiger partial charge in [0.25, 0.3) is 11.8 Å². The number of likely N-dealkylation sites (N-methyl/N-ethyl adjacent to an activating group) is 2. The van der Waals surface area contributed by atoms with Gasteiger partial charge in [-0.2, -0.15) is 20.7 Å². The fourth-order valence-corrected chi connectivity index (χ4v) is 11.7. The molecular formula is C52H59BrCl2N16O4. The number of nitrogens with one attached hydrogen (secondary N) is 7. The molecule has 392 valence electrons. The van der Waals surface area contributed by atoms with Gasteiger partial charge < -0.3 is 41.7 Å². The molecule has 5 fully saturated rings. The van der Waals surface area contributed by atoms with E-state index < -0.39 is 0 Å². The van der Waals surface area contributed by atoms with Crippen molar-refractivity contribution in [1.82, 2.24) is 61.0 Å². The van der Waals surface area contributed by atoms with Crippen LogP contribution in [-0.4, -0.2) is 126 Å². The van der Waals surface area contributed by atoms with E-state index in [1.807, 2.05) is 15.9 Å². The molecule has 1 saturated carbocycles. The van der Waals surface area contributed by atoms with Gasteiger partial charge in [0.15, 0.2) is 18.2 Å². The Morgan fingerprint density at radius 2 is 1.21 bits per heavy atom. The molecule has 75 heavy (non-hydrogen) atoms. The van der Waals surface area contributed by atoms with Crippen LogP contribution in [0.15, 0.2) is 77.7 Å². The van der Waals surface area contributed by atoms with Gasteiger partial charge in [-0.05, 0) is 130 Å². The Hall–Kier alpha value is -6.88. The highest BCUT2D eigenvalue weighted by Crippen LogP contribution is 2.39. The fourth-order valence-electron chi connectivity index (χ4n) is 10.9. The van der Waals surface area contributed by atoms with Crippen LogP contribution in [0.1, 0.15) is 98.8 Å². The first-order chi connectivity index (χ1) is 36.2. The average Bonchev–Trinajstić information content (AvgIpc) is 4.27. The Morgan fingerprint density at radius 1 is 0.680 bits per heavy atom. The van der Waals surface area contributed by atoms with Crippen molar-refractivity contribution in [3.05, 3.63) is 98.8 Å². The number of fused-ring (bicyclic) bond motifs is 6. The standard InChI is InChI=1S/C22H20ClN7O2.C15H14ClN5O.C8H18N2.C7H7BrN2O/c1-12(31)26-20-3-2-4-21(28-20)30-19-9-16(23)15(7-13(19)10-25-30)22(32)27-17-8-14-5-6-18(17)29(14)11-24;16-11-5-12-8(6-18-20-12)3-10(11)15(22)19-13-4-9-1-2-14(13)21(9)7-17;1-9-7-5-3-4-6-8(7)10-2;1-5(11)9-7-4-2-3-6(8)10-7/h2-4,7,9-10,14,17-18H,5-6,8H2,1H3,(H,27,32)(H,26,28,31);3,5-6,9,13-14H,1-2,4H2,(H,18,20)(H,19,22);7-10H,3-6H2,1-2H3;2-4H,1H3,(H,9,10,11)/t14-,17+,18+;9-,13+,14+;7-,8-;/m001./s1. The molecule has 1 aliphatic carbocycles. The van der Waals surface area contributed by atoms with Gasteiger partial charge in [0, 0.05) is 48.8 Å². The SMILES string of the molecule is CC(=O)Nc1cccc(-n2ncc3cc(C(=O)N[C@@H]4C[C@@H]5CC[C@H]4N5C#N)c(Cl)cc32)n1.CC(=O)Nc1cccc(Br)n1.CN[C@@H]1CCCC[C@H]1NC.N#CN1[C@H]2CC[C@@H]1[C@H](NC(=O)c1cc3cn[nH]c3cc1Cl)C2. The van der Waals surface area contributed by atoms with E-state index in [-0.39, 0.29) is 59.9 Å². The molecule has 4 amide bonds. The lowest BCUT2D eigenvalue weighted by Crippen LogP contribution is -2.47. The first-order valence-electron chi connectivity index (χ1n) is 25.0. The number of H-pyrrole nitrogens is 1. The summed E-state index contributed by atoms with van der Waals surface area (Å²) in [5.41, 5.74) is 2.30. The van der Waals surface area contributed by atoms with Gasteiger partial charge in [0.05, 0.1) is 68.8 Å². The fraction of sp³-hybridized carbons (Fsp3) is 0.423. The van der Waals surface area contributed by atoms with Gasteiger partial charge in [0.1, 0.15) is 16.2 Å². The summed E-state index contributed by atoms with van der Waals surface area (Å²) in [6.45, 7) is 2.86. The molecule has 4 bridgehead atoms. The summed E-state index contributed by atoms with van der Waals surface area (Å²) in [6.07, 6.45) is 18.8. The Balaban J connectivity index is 0.000000149. The lowest BCUT2D eigenvalue weighted by molar-refractivity contribution is -0.115. The van der Waals surface area contributed by atoms with Crippen LogP contribution in [0.25, 0.3) is 27.6 Å². The molecule has 8 heterocycles. The van der Waals surface area contributed by atoms with Crippen LogP contribution in [0.3, 0.4) is 0 Å². The van der Waals surface area contributed by atoms with E-state index in [1.165, 1.54) is 39.5 Å². The van der Waals surface area contributed by atoms with Crippen molar-refractivity contribution in [1.29, 1.82) is 10.5 Å². The van der Waals surface area contributed by atoms with E-state index in [0.29, 0.717) is 60.8 Å². The molecule has 4 aromatic heterocycles. The summed E-state index contributed by atoms with van der Waals surface area (Å²) in [5, 5.41) is 50.0. The summed E-state index contributed by atoms with van der Waals surface area (Å²) in [7, 11) is 4.11. The number of rotatable bonds is 9. The minimum atomic E-state index is -0.258. The van der Waals surface area contributed by atoms with Crippen LogP contribution < -0.4 is 31.9 Å². The van der Waals surface area contributed by atoms with Crippen LogP contribution in [0.4, 0.5) is 11.6 Å². The molecule has 11 rings (SSSR count). The second kappa shape index (κ2) is 24.6. The highest BCUT2D eigenvalue weighted by Gasteiger charge is 2.48. The van der Waals surface area contributed by atoms with Crippen molar-refractivity contribution < 1.29 is 19.2 Å². The quantitative estimate of drug-likeness (QED) is 0.0549. The van der Waals surface area contributed by atoms with Crippen LogP contribution >= 0.6 is 39.1 Å². The second-order valence-electron chi connectivity index (χ2n) is 19.1. The Morgan fingerprint density at radius 3 is 1.73 bits per heavy atom. The van der Waals surface area contributed by atoms with Crippen LogP contribution in [0.5, 0.6) is 0 Å². The van der Waals surface area contributed by atoms with Crippen molar-refractivity contribution in [2.75, 3.05) is 24.7 Å². The molecule has 23 heteroatoms. The normalized spacial score (nSPS) is 22.8. The smallest absolute Gasteiger partial charge is 0.253 e. The molecule has 4 aliphatic heterocycles. The first-order valence-corrected chi connectivity index (χ1v) is 26.5. The topological polar surface area (TPSA) is 267 Å². The van der Waals surface area contributed by atoms with E-state index in [4.69, 9.17) is 23.2 Å². The zero-order valence-electron chi connectivity index (χ0n) is 41.9. The highest BCUT2D eigenvalue weighted by atomic mass is 79.9. The first kappa shape index (κ1) is 54.4. The largest absolute Gasteiger partial charge is 0.347 e. The average molecular weight is 1120 g/mol. The minimum absolute atomic E-state index is 0.0158. The maximum atomic E-state index is 13.0. The molecule has 0 spiro atoms. The third-order valence-electron chi connectivity index (χ3n) is 14.4. The number of anilines is 2. The number of nitrogens with zero attached hydrogens (tertiary/aromatic N) is 9. The van der Waals surface area contributed by atoms with Gasteiger partial charge in [-0.1, -0.05) is 48.2 Å². The number of nitriles is 2. The number of halogens is 3. The van der Waals surface area contributed by atoms with Crippen molar-refractivity contribution in [2.24, 2.45) is 0 Å². The Labute approximate surface area is 452 Å². The number of aromatic amines is 1. The van der Waals surface area contributed by atoms with E-state index in [9.17, 15) is 29.7 Å². The number of hydrogen-bond acceptors (Lipinski definition) is 14. The molecule has 0 radical (unpaired) electrons. The van der Waals surface area contributed by atoms with Gasteiger partial charge in [-0.3, -0.25) is 24.3 Å². The number of carbonyl (C=O) groups excluding carboxylic acids is 4. The lowest BCUT2D eigenvalue weighted by atomic mass is 9.91. The number of hydrogen-bond donors (Lipinski definition) is 7. The van der Waals surface area contributed by atoms with Crippen LogP contribution in [-0.2, 0) is 9.59 Å². The summed E-state index contributed by atoms with van der Waals surface area (Å²) >= 11 is 15.9. The second-order valence-corrected chi connectivity index (χ2v) is 20.8. The minimum Gasteiger partial charge on any atom is -0.347 e. The number of aromatic nitrogens is 6. The summed E-state index contributed by atoms with van der Waals surface area (Å²) in [4.78, 5) is 59.4. The third kappa shape index (κ3) is 12.8. The maximum Gasteiger partial charge on any atom is 0.253 e. The van der Waals surface area contributed by atoms with Crippen molar-refractivity contribution in [2.45, 2.75) is 126 Å². The molecule has 2 aromatic carbocycles. The maximum absolute atomic E-state index is 13.0. The molecule has 20 nitrogen and oxygen atoms in total. The predicted octanol–water partition coefficient (Wildman–Crippen LogP) is 7.42. The number of amides is 4. The van der Waals surface area contributed by atoms with Gasteiger partial charge in [-0.15, -0.1) is 0 Å². The van der Waals surface area contributed by atoms with E-state index in [2.05, 4.69) is 99.6 Å². The summed E-state index contributed by atoms with van der Waals surface area (Å²) < 4.78 is 2.32. The number of pyridine rings is 2. The zero-order chi connectivity index (χ0) is 53.3. The predicted molar refractivity (Wildman–Crippen MR) is 290 cm³/mol. The third-order valence-corrected chi connectivity index (χ3v) is 15.5. The summed E-state index contributed by atoms with van der Waals surface area (Å²) in [5.74, 6) is 0.708. The van der Waals surface area contributed by atoms with E-state index in [1.54, 1.807) is 71.7 Å². The van der Waals surface area contributed by atoms with E-state index in [0.717, 1.165) is 54.8 Å². The van der Waals surface area contributed by atoms with E-state index >= 15 is 0 Å². The van der Waals surface area contributed by atoms with Gasteiger partial charge in [0.2, 0.25) is 11.8 Å². The molecule has 8 atom stereocenters. The molecule has 6 aromatic rings. The highest BCUT2D eigenvalue weighted by molar-refractivity contribution is 9.10. The van der Waals surface area contributed by atoms with Crippen molar-refractivity contribution >= 4 is 96.2 Å². The Kier molecular flexibility index (Phi) is 17.9. The molecule has 5 aliphatic rings. The van der Waals surface area contributed by atoms with Gasteiger partial charge >= 0.3 is 0 Å². The monoisotopic (exact) mass is 1120 g/mol. The lowest BCUT2D eigenvalue weighted by Gasteiger charge is -2.30. The molecule has 7 N–H and O–H groups in total. The van der Waals surface area contributed by atoms with Crippen LogP contribution in [0, 0.1) is 22.9 Å². The van der Waals surface area contributed by atoms with Crippen molar-refractivity contribution in [3.63, 3.8) is 0 Å².